The van der Waals surface area contributed by atoms with Gasteiger partial charge in [-0.2, -0.15) is 0 Å². The lowest BCUT2D eigenvalue weighted by Gasteiger charge is -2.37. The van der Waals surface area contributed by atoms with Crippen LogP contribution in [0.3, 0.4) is 0 Å². The Morgan fingerprint density at radius 2 is 1.86 bits per heavy atom. The summed E-state index contributed by atoms with van der Waals surface area (Å²) < 4.78 is 0. The minimum atomic E-state index is 0.363. The van der Waals surface area contributed by atoms with Crippen LogP contribution in [-0.2, 0) is 4.79 Å². The van der Waals surface area contributed by atoms with Gasteiger partial charge in [-0.25, -0.2) is 0 Å². The van der Waals surface area contributed by atoms with Crippen LogP contribution in [0.1, 0.15) is 52.9 Å². The van der Waals surface area contributed by atoms with Crippen LogP contribution in [0, 0.1) is 5.41 Å². The van der Waals surface area contributed by atoms with Gasteiger partial charge in [-0.1, -0.05) is 27.2 Å². The van der Waals surface area contributed by atoms with Crippen LogP contribution in [0.25, 0.3) is 0 Å². The van der Waals surface area contributed by atoms with Crippen molar-refractivity contribution in [3.63, 3.8) is 0 Å². The number of likely N-dealkylation sites (tertiary alicyclic amines) is 1. The van der Waals surface area contributed by atoms with Crippen LogP contribution in [0.15, 0.2) is 0 Å². The van der Waals surface area contributed by atoms with Gasteiger partial charge >= 0.3 is 0 Å². The Bertz CT molecular complexity index is 188. The summed E-state index contributed by atoms with van der Waals surface area (Å²) in [7, 11) is 0. The molecule has 1 fully saturated rings. The van der Waals surface area contributed by atoms with Crippen LogP contribution < -0.4 is 0 Å². The maximum Gasteiger partial charge on any atom is 0.222 e. The first-order chi connectivity index (χ1) is 6.55. The molecule has 0 aromatic carbocycles. The quantitative estimate of drug-likeness (QED) is 0.681. The number of rotatable bonds is 3. The van der Waals surface area contributed by atoms with Gasteiger partial charge in [0, 0.05) is 19.5 Å². The number of carbonyl (C=O) groups excluding carboxylic acids is 1. The first-order valence-corrected chi connectivity index (χ1v) is 5.83. The van der Waals surface area contributed by atoms with E-state index in [0.717, 1.165) is 45.2 Å². The van der Waals surface area contributed by atoms with E-state index in [1.54, 1.807) is 0 Å². The van der Waals surface area contributed by atoms with Crippen LogP contribution in [0.4, 0.5) is 0 Å². The van der Waals surface area contributed by atoms with E-state index in [9.17, 15) is 4.79 Å². The molecule has 0 aromatic rings. The second kappa shape index (κ2) is 4.81. The largest absolute Gasteiger partial charge is 0.343 e. The van der Waals surface area contributed by atoms with Crippen LogP contribution >= 0.6 is 0 Å². The molecule has 1 heterocycles. The Hall–Kier alpha value is -0.530. The first kappa shape index (κ1) is 11.5. The second-order valence-corrected chi connectivity index (χ2v) is 5.15. The second-order valence-electron chi connectivity index (χ2n) is 5.15. The zero-order valence-corrected chi connectivity index (χ0v) is 9.81. The summed E-state index contributed by atoms with van der Waals surface area (Å²) in [5.41, 5.74) is 0.446. The van der Waals surface area contributed by atoms with Crippen molar-refractivity contribution in [2.45, 2.75) is 52.9 Å². The molecule has 0 N–H and O–H groups in total. The average molecular weight is 197 g/mol. The molecule has 2 heteroatoms. The Kier molecular flexibility index (Phi) is 3.97. The van der Waals surface area contributed by atoms with Crippen molar-refractivity contribution >= 4 is 5.91 Å². The summed E-state index contributed by atoms with van der Waals surface area (Å²) in [5, 5.41) is 0. The van der Waals surface area contributed by atoms with E-state index in [4.69, 9.17) is 0 Å². The molecule has 82 valence electrons. The molecule has 0 aliphatic carbocycles. The first-order valence-electron chi connectivity index (χ1n) is 5.83. The third-order valence-corrected chi connectivity index (χ3v) is 3.21. The lowest BCUT2D eigenvalue weighted by Crippen LogP contribution is -2.41. The molecule has 0 aromatic heterocycles. The highest BCUT2D eigenvalue weighted by molar-refractivity contribution is 5.76. The smallest absolute Gasteiger partial charge is 0.222 e. The summed E-state index contributed by atoms with van der Waals surface area (Å²) in [6, 6.07) is 0. The average Bonchev–Trinajstić information content (AvgIpc) is 2.14. The van der Waals surface area contributed by atoms with Gasteiger partial charge in [0.15, 0.2) is 0 Å². The molecule has 0 spiro atoms. The Morgan fingerprint density at radius 3 is 2.36 bits per heavy atom. The molecule has 0 atom stereocenters. The van der Waals surface area contributed by atoms with Gasteiger partial charge in [0.2, 0.25) is 5.91 Å². The van der Waals surface area contributed by atoms with E-state index in [2.05, 4.69) is 20.8 Å². The molecule has 0 saturated carbocycles. The van der Waals surface area contributed by atoms with Crippen LogP contribution in [0.5, 0.6) is 0 Å². The fourth-order valence-corrected chi connectivity index (χ4v) is 1.85. The van der Waals surface area contributed by atoms with Crippen LogP contribution in [0.2, 0.25) is 0 Å². The maximum atomic E-state index is 11.7. The molecule has 1 amide bonds. The third-order valence-electron chi connectivity index (χ3n) is 3.21. The van der Waals surface area contributed by atoms with E-state index < -0.39 is 0 Å². The lowest BCUT2D eigenvalue weighted by molar-refractivity contribution is -0.133. The van der Waals surface area contributed by atoms with Crippen molar-refractivity contribution in [3.8, 4) is 0 Å². The Balaban J connectivity index is 2.30. The van der Waals surface area contributed by atoms with Crippen LogP contribution in [-0.4, -0.2) is 23.9 Å². The SMILES string of the molecule is CCCCC(=O)N1CCC(C)(C)CC1. The number of unbranched alkanes of at least 4 members (excludes halogenated alkanes) is 1. The Morgan fingerprint density at radius 1 is 1.29 bits per heavy atom. The number of piperidine rings is 1. The monoisotopic (exact) mass is 197 g/mol. The van der Waals surface area contributed by atoms with Gasteiger partial charge in [0.1, 0.15) is 0 Å². The van der Waals surface area contributed by atoms with Gasteiger partial charge in [0.05, 0.1) is 0 Å². The fourth-order valence-electron chi connectivity index (χ4n) is 1.85. The molecule has 0 radical (unpaired) electrons. The minimum absolute atomic E-state index is 0.363. The highest BCUT2D eigenvalue weighted by Crippen LogP contribution is 2.29. The number of carbonyl (C=O) groups is 1. The predicted octanol–water partition coefficient (Wildman–Crippen LogP) is 2.83. The van der Waals surface area contributed by atoms with Crippen molar-refractivity contribution in [1.29, 1.82) is 0 Å². The van der Waals surface area contributed by atoms with Gasteiger partial charge < -0.3 is 4.90 Å². The van der Waals surface area contributed by atoms with Crippen molar-refractivity contribution in [2.75, 3.05) is 13.1 Å². The molecule has 0 bridgehead atoms. The van der Waals surface area contributed by atoms with Crippen molar-refractivity contribution < 1.29 is 4.79 Å². The van der Waals surface area contributed by atoms with E-state index in [0.29, 0.717) is 11.3 Å². The lowest BCUT2D eigenvalue weighted by atomic mass is 9.82. The zero-order valence-electron chi connectivity index (χ0n) is 9.81. The summed E-state index contributed by atoms with van der Waals surface area (Å²) in [4.78, 5) is 13.7. The van der Waals surface area contributed by atoms with Gasteiger partial charge in [-0.05, 0) is 24.7 Å². The topological polar surface area (TPSA) is 20.3 Å². The number of amides is 1. The van der Waals surface area contributed by atoms with Crippen molar-refractivity contribution in [1.82, 2.24) is 4.90 Å². The van der Waals surface area contributed by atoms with E-state index in [-0.39, 0.29) is 0 Å². The summed E-state index contributed by atoms with van der Waals surface area (Å²) in [6.07, 6.45) is 5.22. The molecular weight excluding hydrogens is 174 g/mol. The van der Waals surface area contributed by atoms with E-state index in [1.807, 2.05) is 4.90 Å². The van der Waals surface area contributed by atoms with E-state index >= 15 is 0 Å². The molecule has 14 heavy (non-hydrogen) atoms. The van der Waals surface area contributed by atoms with Gasteiger partial charge in [-0.15, -0.1) is 0 Å². The molecule has 1 saturated heterocycles. The van der Waals surface area contributed by atoms with Gasteiger partial charge in [0.25, 0.3) is 0 Å². The summed E-state index contributed by atoms with van der Waals surface area (Å²) in [5.74, 6) is 0.363. The molecule has 1 rings (SSSR count). The third kappa shape index (κ3) is 3.32. The van der Waals surface area contributed by atoms with Crippen molar-refractivity contribution in [2.24, 2.45) is 5.41 Å². The predicted molar refractivity (Wildman–Crippen MR) is 59.1 cm³/mol. The Labute approximate surface area is 87.7 Å². The number of hydrogen-bond acceptors (Lipinski definition) is 1. The molecule has 1 aliphatic rings. The van der Waals surface area contributed by atoms with Gasteiger partial charge in [-0.3, -0.25) is 4.79 Å². The maximum absolute atomic E-state index is 11.7. The molecular formula is C12H23NO. The summed E-state index contributed by atoms with van der Waals surface area (Å²) >= 11 is 0. The number of hydrogen-bond donors (Lipinski definition) is 0. The highest BCUT2D eigenvalue weighted by Gasteiger charge is 2.27. The fraction of sp³-hybridized carbons (Fsp3) is 0.917. The number of nitrogens with zero attached hydrogens (tertiary/aromatic N) is 1. The van der Waals surface area contributed by atoms with Crippen molar-refractivity contribution in [3.05, 3.63) is 0 Å². The standard InChI is InChI=1S/C12H23NO/c1-4-5-6-11(14)13-9-7-12(2,3)8-10-13/h4-10H2,1-3H3. The minimum Gasteiger partial charge on any atom is -0.343 e. The molecule has 0 unspecified atom stereocenters. The zero-order chi connectivity index (χ0) is 10.6. The highest BCUT2D eigenvalue weighted by atomic mass is 16.2. The molecule has 1 aliphatic heterocycles. The normalized spacial score (nSPS) is 20.9. The van der Waals surface area contributed by atoms with E-state index in [1.165, 1.54) is 0 Å². The summed E-state index contributed by atoms with van der Waals surface area (Å²) in [6.45, 7) is 8.65. The molecule has 2 nitrogen and oxygen atoms in total.